The van der Waals surface area contributed by atoms with E-state index in [1.54, 1.807) is 0 Å². The van der Waals surface area contributed by atoms with Gasteiger partial charge in [0, 0.05) is 12.8 Å². The first-order valence-corrected chi connectivity index (χ1v) is 16.9. The summed E-state index contributed by atoms with van der Waals surface area (Å²) in [7, 11) is 0. The fourth-order valence-electron chi connectivity index (χ4n) is 5.25. The van der Waals surface area contributed by atoms with Crippen LogP contribution in [0.5, 0.6) is 0 Å². The predicted octanol–water partition coefficient (Wildman–Crippen LogP) is 11.4. The molecule has 0 radical (unpaired) electrons. The van der Waals surface area contributed by atoms with Crippen LogP contribution in [-0.4, -0.2) is 18.4 Å². The lowest BCUT2D eigenvalue weighted by atomic mass is 10.0. The van der Waals surface area contributed by atoms with Crippen LogP contribution >= 0.6 is 0 Å². The number of carbonyl (C=O) groups is 2. The molecule has 0 spiro atoms. The smallest absolute Gasteiger partial charge is 0.306 e. The molecule has 3 nitrogen and oxygen atoms in total. The molecule has 37 heavy (non-hydrogen) atoms. The molecule has 0 aliphatic rings. The first kappa shape index (κ1) is 36.1. The highest BCUT2D eigenvalue weighted by Gasteiger charge is 2.13. The maximum Gasteiger partial charge on any atom is 0.306 e. The molecule has 1 atom stereocenters. The molecule has 0 rings (SSSR count). The normalized spacial score (nSPS) is 12.1. The topological polar surface area (TPSA) is 43.4 Å². The zero-order valence-corrected chi connectivity index (χ0v) is 25.4. The van der Waals surface area contributed by atoms with Crippen molar-refractivity contribution in [3.8, 4) is 0 Å². The van der Waals surface area contributed by atoms with Crippen molar-refractivity contribution >= 4 is 12.3 Å². The third-order valence-electron chi connectivity index (χ3n) is 7.77. The molecule has 1 unspecified atom stereocenters. The Kier molecular flexibility index (Phi) is 30.6. The second-order valence-electron chi connectivity index (χ2n) is 11.5. The molecular weight excluding hydrogens is 456 g/mol. The molecule has 0 bridgehead atoms. The standard InChI is InChI=1S/C34H66O3/c1-3-5-7-9-11-13-15-17-19-21-23-25-27-29-33(31-32-35)37-34(36)30-28-26-24-22-20-18-16-14-12-10-8-6-4-2/h32-33H,3-31H2,1-2H3. The van der Waals surface area contributed by atoms with E-state index in [1.807, 2.05) is 0 Å². The second kappa shape index (κ2) is 31.4. The van der Waals surface area contributed by atoms with Gasteiger partial charge in [0.25, 0.3) is 0 Å². The van der Waals surface area contributed by atoms with Crippen molar-refractivity contribution in [3.63, 3.8) is 0 Å². The van der Waals surface area contributed by atoms with E-state index < -0.39 is 0 Å². The van der Waals surface area contributed by atoms with Crippen molar-refractivity contribution in [2.75, 3.05) is 0 Å². The molecule has 0 amide bonds. The van der Waals surface area contributed by atoms with Crippen LogP contribution in [0.1, 0.15) is 200 Å². The molecule has 0 fully saturated rings. The van der Waals surface area contributed by atoms with Crippen LogP contribution in [0.2, 0.25) is 0 Å². The number of esters is 1. The number of carbonyl (C=O) groups excluding carboxylic acids is 2. The molecule has 0 aliphatic heterocycles. The molecule has 0 saturated carbocycles. The summed E-state index contributed by atoms with van der Waals surface area (Å²) in [6.45, 7) is 4.55. The Bertz CT molecular complexity index is 462. The third-order valence-corrected chi connectivity index (χ3v) is 7.77. The highest BCUT2D eigenvalue weighted by Crippen LogP contribution is 2.16. The van der Waals surface area contributed by atoms with E-state index >= 15 is 0 Å². The summed E-state index contributed by atoms with van der Waals surface area (Å²) in [4.78, 5) is 23.3. The number of hydrogen-bond acceptors (Lipinski definition) is 3. The minimum Gasteiger partial charge on any atom is -0.462 e. The Morgan fingerprint density at radius 3 is 1.19 bits per heavy atom. The molecule has 0 aromatic heterocycles. The SMILES string of the molecule is CCCCCCCCCCCCCCCC(=O)OC(CC=O)CCCCCCCCCCCCCCC. The van der Waals surface area contributed by atoms with Crippen LogP contribution < -0.4 is 0 Å². The van der Waals surface area contributed by atoms with E-state index in [0.717, 1.165) is 32.0 Å². The Labute approximate surface area is 232 Å². The van der Waals surface area contributed by atoms with Gasteiger partial charge in [0.2, 0.25) is 0 Å². The summed E-state index contributed by atoms with van der Waals surface area (Å²) in [5.41, 5.74) is 0. The maximum absolute atomic E-state index is 12.2. The van der Waals surface area contributed by atoms with Gasteiger partial charge in [-0.05, 0) is 19.3 Å². The number of rotatable bonds is 31. The molecule has 0 N–H and O–H groups in total. The molecule has 0 heterocycles. The van der Waals surface area contributed by atoms with Gasteiger partial charge in [0.15, 0.2) is 0 Å². The van der Waals surface area contributed by atoms with Crippen molar-refractivity contribution in [1.82, 2.24) is 0 Å². The minimum atomic E-state index is -0.209. The average Bonchev–Trinajstić information content (AvgIpc) is 2.89. The van der Waals surface area contributed by atoms with Gasteiger partial charge < -0.3 is 9.53 Å². The predicted molar refractivity (Wildman–Crippen MR) is 161 cm³/mol. The molecule has 0 saturated heterocycles. The number of unbranched alkanes of at least 4 members (excludes halogenated alkanes) is 24. The summed E-state index contributed by atoms with van der Waals surface area (Å²) >= 11 is 0. The van der Waals surface area contributed by atoms with E-state index in [2.05, 4.69) is 13.8 Å². The van der Waals surface area contributed by atoms with Gasteiger partial charge in [0.05, 0.1) is 0 Å². The van der Waals surface area contributed by atoms with Crippen molar-refractivity contribution in [1.29, 1.82) is 0 Å². The van der Waals surface area contributed by atoms with Crippen molar-refractivity contribution < 1.29 is 14.3 Å². The lowest BCUT2D eigenvalue weighted by molar-refractivity contribution is -0.150. The Morgan fingerprint density at radius 2 is 0.838 bits per heavy atom. The fourth-order valence-corrected chi connectivity index (χ4v) is 5.25. The van der Waals surface area contributed by atoms with Crippen LogP contribution in [0.4, 0.5) is 0 Å². The molecular formula is C34H66O3. The fraction of sp³-hybridized carbons (Fsp3) is 0.941. The maximum atomic E-state index is 12.2. The summed E-state index contributed by atoms with van der Waals surface area (Å²) in [6.07, 6.45) is 36.7. The van der Waals surface area contributed by atoms with Crippen molar-refractivity contribution in [3.05, 3.63) is 0 Å². The molecule has 0 aromatic rings. The molecule has 3 heteroatoms. The van der Waals surface area contributed by atoms with E-state index in [0.29, 0.717) is 12.8 Å². The second-order valence-corrected chi connectivity index (χ2v) is 11.5. The van der Waals surface area contributed by atoms with Gasteiger partial charge in [-0.15, -0.1) is 0 Å². The first-order chi connectivity index (χ1) is 18.2. The van der Waals surface area contributed by atoms with E-state index in [-0.39, 0.29) is 12.1 Å². The Morgan fingerprint density at radius 1 is 0.514 bits per heavy atom. The first-order valence-electron chi connectivity index (χ1n) is 16.9. The quantitative estimate of drug-likeness (QED) is 0.0516. The van der Waals surface area contributed by atoms with E-state index in [9.17, 15) is 9.59 Å². The van der Waals surface area contributed by atoms with Crippen LogP contribution in [0, 0.1) is 0 Å². The van der Waals surface area contributed by atoms with Crippen LogP contribution in [0.15, 0.2) is 0 Å². The summed E-state index contributed by atoms with van der Waals surface area (Å²) in [5, 5.41) is 0. The molecule has 0 aromatic carbocycles. The van der Waals surface area contributed by atoms with Gasteiger partial charge in [-0.1, -0.05) is 168 Å². The lowest BCUT2D eigenvalue weighted by Gasteiger charge is -2.15. The van der Waals surface area contributed by atoms with Gasteiger partial charge in [-0.25, -0.2) is 0 Å². The van der Waals surface area contributed by atoms with Gasteiger partial charge in [-0.2, -0.15) is 0 Å². The summed E-state index contributed by atoms with van der Waals surface area (Å²) < 4.78 is 5.63. The third kappa shape index (κ3) is 29.5. The monoisotopic (exact) mass is 523 g/mol. The summed E-state index contributed by atoms with van der Waals surface area (Å²) in [5.74, 6) is -0.107. The van der Waals surface area contributed by atoms with Crippen LogP contribution in [0.25, 0.3) is 0 Å². The van der Waals surface area contributed by atoms with Crippen LogP contribution in [0.3, 0.4) is 0 Å². The molecule has 220 valence electrons. The van der Waals surface area contributed by atoms with Gasteiger partial charge in [0.1, 0.15) is 12.4 Å². The minimum absolute atomic E-state index is 0.107. The number of aldehydes is 1. The van der Waals surface area contributed by atoms with E-state index in [4.69, 9.17) is 4.74 Å². The van der Waals surface area contributed by atoms with Crippen molar-refractivity contribution in [2.45, 2.75) is 206 Å². The van der Waals surface area contributed by atoms with Gasteiger partial charge in [-0.3, -0.25) is 4.79 Å². The lowest BCUT2D eigenvalue weighted by Crippen LogP contribution is -2.18. The Hall–Kier alpha value is -0.860. The Balaban J connectivity index is 3.53. The van der Waals surface area contributed by atoms with Crippen LogP contribution in [-0.2, 0) is 14.3 Å². The average molecular weight is 523 g/mol. The number of ether oxygens (including phenoxy) is 1. The van der Waals surface area contributed by atoms with Crippen molar-refractivity contribution in [2.24, 2.45) is 0 Å². The largest absolute Gasteiger partial charge is 0.462 e. The number of hydrogen-bond donors (Lipinski definition) is 0. The highest BCUT2D eigenvalue weighted by atomic mass is 16.5. The van der Waals surface area contributed by atoms with E-state index in [1.165, 1.54) is 148 Å². The highest BCUT2D eigenvalue weighted by molar-refractivity contribution is 5.69. The molecule has 0 aliphatic carbocycles. The van der Waals surface area contributed by atoms with Gasteiger partial charge >= 0.3 is 5.97 Å². The zero-order valence-electron chi connectivity index (χ0n) is 25.4. The summed E-state index contributed by atoms with van der Waals surface area (Å²) in [6, 6.07) is 0. The zero-order chi connectivity index (χ0) is 27.1.